The molecule has 2 nitrogen and oxygen atoms in total. The predicted octanol–water partition coefficient (Wildman–Crippen LogP) is 4.51. The number of ketones is 1. The number of ether oxygens (including phenoxy) is 1. The second-order valence-corrected chi connectivity index (χ2v) is 6.29. The predicted molar refractivity (Wildman–Crippen MR) is 92.8 cm³/mol. The van der Waals surface area contributed by atoms with Gasteiger partial charge in [-0.1, -0.05) is 24.3 Å². The van der Waals surface area contributed by atoms with Gasteiger partial charge in [0.25, 0.3) is 0 Å². The third-order valence-electron chi connectivity index (χ3n) is 3.72. The van der Waals surface area contributed by atoms with Gasteiger partial charge in [0.2, 0.25) is 0 Å². The summed E-state index contributed by atoms with van der Waals surface area (Å²) in [5, 5.41) is 0. The number of hydrogen-bond donors (Lipinski definition) is 0. The minimum atomic E-state index is 0.119. The summed E-state index contributed by atoms with van der Waals surface area (Å²) >= 11 is 2.28. The Hall–Kier alpha value is -1.62. The molecule has 3 heteroatoms. The fourth-order valence-corrected chi connectivity index (χ4v) is 3.28. The molecule has 0 bridgehead atoms. The van der Waals surface area contributed by atoms with Crippen molar-refractivity contribution in [1.82, 2.24) is 0 Å². The van der Waals surface area contributed by atoms with E-state index in [-0.39, 0.29) is 5.78 Å². The summed E-state index contributed by atoms with van der Waals surface area (Å²) in [5.41, 5.74) is 3.76. The van der Waals surface area contributed by atoms with Crippen molar-refractivity contribution in [2.75, 3.05) is 7.11 Å². The summed E-state index contributed by atoms with van der Waals surface area (Å²) in [5.74, 6) is 0.933. The molecule has 0 aromatic heterocycles. The standard InChI is InChI=1S/C18H15IO2/c1-21-17-7-3-6-16-15(17)9-8-13(18(16)20)10-12-4-2-5-14(19)11-12/h2-7,10-11H,8-9H2,1H3/b13-10-. The summed E-state index contributed by atoms with van der Waals surface area (Å²) in [6.07, 6.45) is 3.62. The number of hydrogen-bond acceptors (Lipinski definition) is 2. The molecule has 0 heterocycles. The summed E-state index contributed by atoms with van der Waals surface area (Å²) < 4.78 is 6.53. The zero-order valence-electron chi connectivity index (χ0n) is 11.7. The highest BCUT2D eigenvalue weighted by molar-refractivity contribution is 14.1. The second kappa shape index (κ2) is 6.02. The largest absolute Gasteiger partial charge is 0.496 e. The van der Waals surface area contributed by atoms with E-state index in [1.54, 1.807) is 7.11 Å². The van der Waals surface area contributed by atoms with Gasteiger partial charge in [-0.05, 0) is 65.3 Å². The molecule has 0 atom stereocenters. The van der Waals surface area contributed by atoms with E-state index in [2.05, 4.69) is 28.7 Å². The molecule has 3 rings (SSSR count). The molecule has 0 spiro atoms. The van der Waals surface area contributed by atoms with E-state index >= 15 is 0 Å². The van der Waals surface area contributed by atoms with E-state index in [1.165, 1.54) is 3.57 Å². The minimum absolute atomic E-state index is 0.119. The van der Waals surface area contributed by atoms with Crippen molar-refractivity contribution in [2.24, 2.45) is 0 Å². The topological polar surface area (TPSA) is 26.3 Å². The summed E-state index contributed by atoms with van der Waals surface area (Å²) in [6.45, 7) is 0. The van der Waals surface area contributed by atoms with Crippen LogP contribution in [-0.4, -0.2) is 12.9 Å². The zero-order chi connectivity index (χ0) is 14.8. The maximum atomic E-state index is 12.6. The maximum Gasteiger partial charge on any atom is 0.189 e. The van der Waals surface area contributed by atoms with Gasteiger partial charge >= 0.3 is 0 Å². The summed E-state index contributed by atoms with van der Waals surface area (Å²) in [6, 6.07) is 13.9. The van der Waals surface area contributed by atoms with Crippen LogP contribution >= 0.6 is 22.6 Å². The van der Waals surface area contributed by atoms with Crippen molar-refractivity contribution in [3.8, 4) is 5.75 Å². The Morgan fingerprint density at radius 2 is 1.95 bits per heavy atom. The van der Waals surface area contributed by atoms with Gasteiger partial charge in [-0.3, -0.25) is 4.79 Å². The van der Waals surface area contributed by atoms with Crippen molar-refractivity contribution < 1.29 is 9.53 Å². The number of fused-ring (bicyclic) bond motifs is 1. The SMILES string of the molecule is COc1cccc2c1CC/C(=C/c1cccc(I)c1)C2=O. The van der Waals surface area contributed by atoms with Gasteiger partial charge in [-0.25, -0.2) is 0 Å². The fraction of sp³-hybridized carbons (Fsp3) is 0.167. The first-order valence-electron chi connectivity index (χ1n) is 6.86. The quantitative estimate of drug-likeness (QED) is 0.557. The lowest BCUT2D eigenvalue weighted by Gasteiger charge is -2.19. The zero-order valence-corrected chi connectivity index (χ0v) is 13.9. The Bertz CT molecular complexity index is 732. The van der Waals surface area contributed by atoms with E-state index in [1.807, 2.05) is 42.5 Å². The lowest BCUT2D eigenvalue weighted by atomic mass is 9.85. The van der Waals surface area contributed by atoms with Crippen LogP contribution in [0.5, 0.6) is 5.75 Å². The van der Waals surface area contributed by atoms with Gasteiger partial charge in [0.1, 0.15) is 5.75 Å². The first-order valence-corrected chi connectivity index (χ1v) is 7.93. The third-order valence-corrected chi connectivity index (χ3v) is 4.39. The second-order valence-electron chi connectivity index (χ2n) is 5.04. The smallest absolute Gasteiger partial charge is 0.189 e. The molecule has 0 saturated heterocycles. The van der Waals surface area contributed by atoms with Crippen molar-refractivity contribution in [1.29, 1.82) is 0 Å². The molecule has 0 radical (unpaired) electrons. The fourth-order valence-electron chi connectivity index (χ4n) is 2.71. The molecule has 1 aliphatic rings. The first kappa shape index (κ1) is 14.3. The molecule has 0 unspecified atom stereocenters. The van der Waals surface area contributed by atoms with Crippen LogP contribution in [0.4, 0.5) is 0 Å². The molecule has 21 heavy (non-hydrogen) atoms. The molecule has 0 aliphatic heterocycles. The number of rotatable bonds is 2. The molecule has 0 saturated carbocycles. The van der Waals surface area contributed by atoms with Crippen molar-refractivity contribution >= 4 is 34.5 Å². The van der Waals surface area contributed by atoms with Crippen molar-refractivity contribution in [3.05, 3.63) is 68.3 Å². The molecule has 1 aliphatic carbocycles. The van der Waals surface area contributed by atoms with E-state index in [0.29, 0.717) is 0 Å². The molecule has 0 amide bonds. The van der Waals surface area contributed by atoms with Gasteiger partial charge in [-0.15, -0.1) is 0 Å². The molecule has 0 N–H and O–H groups in total. The van der Waals surface area contributed by atoms with Crippen molar-refractivity contribution in [2.45, 2.75) is 12.8 Å². The van der Waals surface area contributed by atoms with Crippen LogP contribution in [0.1, 0.15) is 27.9 Å². The van der Waals surface area contributed by atoms with Gasteiger partial charge in [-0.2, -0.15) is 0 Å². The number of allylic oxidation sites excluding steroid dienone is 1. The minimum Gasteiger partial charge on any atom is -0.496 e. The van der Waals surface area contributed by atoms with Crippen LogP contribution in [0.2, 0.25) is 0 Å². The molecule has 2 aromatic rings. The monoisotopic (exact) mass is 390 g/mol. The van der Waals surface area contributed by atoms with Gasteiger partial charge < -0.3 is 4.74 Å². The number of carbonyl (C=O) groups excluding carboxylic acids is 1. The van der Waals surface area contributed by atoms with Crippen LogP contribution in [0.15, 0.2) is 48.0 Å². The van der Waals surface area contributed by atoms with Crippen LogP contribution in [0.3, 0.4) is 0 Å². The average Bonchev–Trinajstić information content (AvgIpc) is 2.50. The van der Waals surface area contributed by atoms with E-state index in [0.717, 1.165) is 40.9 Å². The van der Waals surface area contributed by atoms with E-state index in [4.69, 9.17) is 4.74 Å². The maximum absolute atomic E-state index is 12.6. The Labute approximate surface area is 138 Å². The van der Waals surface area contributed by atoms with Crippen LogP contribution < -0.4 is 4.74 Å². The van der Waals surface area contributed by atoms with E-state index < -0.39 is 0 Å². The number of carbonyl (C=O) groups is 1. The van der Waals surface area contributed by atoms with Crippen LogP contribution in [0, 0.1) is 3.57 Å². The Morgan fingerprint density at radius 1 is 1.14 bits per heavy atom. The third kappa shape index (κ3) is 2.88. The lowest BCUT2D eigenvalue weighted by Crippen LogP contribution is -2.15. The Morgan fingerprint density at radius 3 is 2.71 bits per heavy atom. The Kier molecular flexibility index (Phi) is 4.10. The summed E-state index contributed by atoms with van der Waals surface area (Å²) in [4.78, 5) is 12.6. The lowest BCUT2D eigenvalue weighted by molar-refractivity contribution is 0.102. The molecular formula is C18H15IO2. The molecule has 2 aromatic carbocycles. The normalized spacial score (nSPS) is 15.9. The number of Topliss-reactive ketones (excluding diaryl/α,β-unsaturated/α-hetero) is 1. The highest BCUT2D eigenvalue weighted by Gasteiger charge is 2.24. The first-order chi connectivity index (χ1) is 10.2. The van der Waals surface area contributed by atoms with Crippen LogP contribution in [0.25, 0.3) is 6.08 Å². The Balaban J connectivity index is 1.99. The number of methoxy groups -OCH3 is 1. The number of halogens is 1. The molecule has 0 fully saturated rings. The highest BCUT2D eigenvalue weighted by atomic mass is 127. The van der Waals surface area contributed by atoms with Gasteiger partial charge in [0, 0.05) is 20.3 Å². The van der Waals surface area contributed by atoms with Crippen LogP contribution in [-0.2, 0) is 6.42 Å². The highest BCUT2D eigenvalue weighted by Crippen LogP contribution is 2.32. The average molecular weight is 390 g/mol. The summed E-state index contributed by atoms with van der Waals surface area (Å²) in [7, 11) is 1.65. The molecule has 106 valence electrons. The molecular weight excluding hydrogens is 375 g/mol. The van der Waals surface area contributed by atoms with E-state index in [9.17, 15) is 4.79 Å². The number of benzene rings is 2. The van der Waals surface area contributed by atoms with Crippen molar-refractivity contribution in [3.63, 3.8) is 0 Å². The van der Waals surface area contributed by atoms with Gasteiger partial charge in [0.05, 0.1) is 7.11 Å². The van der Waals surface area contributed by atoms with Gasteiger partial charge in [0.15, 0.2) is 5.78 Å².